The van der Waals surface area contributed by atoms with Crippen LogP contribution in [0.4, 0.5) is 5.69 Å². The summed E-state index contributed by atoms with van der Waals surface area (Å²) in [7, 11) is 0. The highest BCUT2D eigenvalue weighted by Gasteiger charge is 2.16. The first kappa shape index (κ1) is 15.7. The van der Waals surface area contributed by atoms with E-state index in [9.17, 15) is 9.59 Å². The summed E-state index contributed by atoms with van der Waals surface area (Å²) in [5.41, 5.74) is 2.26. The lowest BCUT2D eigenvalue weighted by Gasteiger charge is -2.12. The predicted molar refractivity (Wildman–Crippen MR) is 93.4 cm³/mol. The van der Waals surface area contributed by atoms with Crippen molar-refractivity contribution in [3.63, 3.8) is 0 Å². The SMILES string of the molecule is Cc1ccc2ccccc2c1NC(=O)C(=O)NCc1ccccn1. The van der Waals surface area contributed by atoms with Crippen molar-refractivity contribution in [2.24, 2.45) is 0 Å². The fourth-order valence-corrected chi connectivity index (χ4v) is 2.47. The van der Waals surface area contributed by atoms with Crippen LogP contribution in [0, 0.1) is 6.92 Å². The molecule has 0 unspecified atom stereocenters. The number of anilines is 1. The number of nitrogens with zero attached hydrogens (tertiary/aromatic N) is 1. The second kappa shape index (κ2) is 6.91. The Morgan fingerprint density at radius 2 is 1.75 bits per heavy atom. The van der Waals surface area contributed by atoms with Crippen molar-refractivity contribution in [3.8, 4) is 0 Å². The first-order valence-electron chi connectivity index (χ1n) is 7.62. The molecule has 1 aromatic heterocycles. The van der Waals surface area contributed by atoms with E-state index in [2.05, 4.69) is 15.6 Å². The maximum absolute atomic E-state index is 12.2. The van der Waals surface area contributed by atoms with Crippen molar-refractivity contribution >= 4 is 28.3 Å². The van der Waals surface area contributed by atoms with Crippen LogP contribution in [0.15, 0.2) is 60.8 Å². The van der Waals surface area contributed by atoms with Crippen LogP contribution >= 0.6 is 0 Å². The lowest BCUT2D eigenvalue weighted by atomic mass is 10.0. The zero-order valence-electron chi connectivity index (χ0n) is 13.2. The van der Waals surface area contributed by atoms with Crippen LogP contribution in [0.25, 0.3) is 10.8 Å². The molecule has 3 rings (SSSR count). The number of pyridine rings is 1. The molecule has 0 aliphatic heterocycles. The van der Waals surface area contributed by atoms with E-state index in [1.165, 1.54) is 0 Å². The monoisotopic (exact) mass is 319 g/mol. The molecule has 0 bridgehead atoms. The van der Waals surface area contributed by atoms with Crippen LogP contribution in [0.5, 0.6) is 0 Å². The van der Waals surface area contributed by atoms with E-state index in [1.54, 1.807) is 18.3 Å². The number of hydrogen-bond acceptors (Lipinski definition) is 3. The fraction of sp³-hybridized carbons (Fsp3) is 0.105. The Hall–Kier alpha value is -3.21. The Morgan fingerprint density at radius 3 is 2.54 bits per heavy atom. The quantitative estimate of drug-likeness (QED) is 0.729. The Kier molecular flexibility index (Phi) is 4.52. The molecule has 5 nitrogen and oxygen atoms in total. The van der Waals surface area contributed by atoms with Gasteiger partial charge in [-0.05, 0) is 30.0 Å². The van der Waals surface area contributed by atoms with Gasteiger partial charge in [-0.15, -0.1) is 0 Å². The first-order chi connectivity index (χ1) is 11.6. The van der Waals surface area contributed by atoms with Gasteiger partial charge in [-0.1, -0.05) is 42.5 Å². The van der Waals surface area contributed by atoms with Gasteiger partial charge in [0.25, 0.3) is 0 Å². The minimum atomic E-state index is -0.689. The molecule has 0 saturated carbocycles. The summed E-state index contributed by atoms with van der Waals surface area (Å²) in [5, 5.41) is 7.20. The van der Waals surface area contributed by atoms with E-state index in [4.69, 9.17) is 0 Å². The van der Waals surface area contributed by atoms with Crippen LogP contribution in [0.1, 0.15) is 11.3 Å². The second-order valence-corrected chi connectivity index (χ2v) is 5.44. The van der Waals surface area contributed by atoms with Gasteiger partial charge in [0, 0.05) is 11.6 Å². The molecule has 3 aromatic rings. The van der Waals surface area contributed by atoms with Crippen molar-refractivity contribution in [2.45, 2.75) is 13.5 Å². The Labute approximate surface area is 139 Å². The molecule has 5 heteroatoms. The number of rotatable bonds is 3. The van der Waals surface area contributed by atoms with Gasteiger partial charge in [0.2, 0.25) is 0 Å². The van der Waals surface area contributed by atoms with Crippen LogP contribution in [0.2, 0.25) is 0 Å². The summed E-state index contributed by atoms with van der Waals surface area (Å²) >= 11 is 0. The van der Waals surface area contributed by atoms with E-state index in [1.807, 2.05) is 49.4 Å². The van der Waals surface area contributed by atoms with Gasteiger partial charge >= 0.3 is 11.8 Å². The third kappa shape index (κ3) is 3.41. The van der Waals surface area contributed by atoms with E-state index in [-0.39, 0.29) is 6.54 Å². The highest BCUT2D eigenvalue weighted by Crippen LogP contribution is 2.26. The van der Waals surface area contributed by atoms with E-state index in [0.29, 0.717) is 11.4 Å². The fourth-order valence-electron chi connectivity index (χ4n) is 2.47. The molecular formula is C19H17N3O2. The number of carbonyl (C=O) groups is 2. The summed E-state index contributed by atoms with van der Waals surface area (Å²) in [4.78, 5) is 28.3. The molecule has 2 amide bonds. The number of benzene rings is 2. The normalized spacial score (nSPS) is 10.4. The molecule has 0 aliphatic carbocycles. The molecule has 0 spiro atoms. The molecule has 2 aromatic carbocycles. The van der Waals surface area contributed by atoms with Gasteiger partial charge in [0.1, 0.15) is 0 Å². The average Bonchev–Trinajstić information content (AvgIpc) is 2.63. The summed E-state index contributed by atoms with van der Waals surface area (Å²) in [6.07, 6.45) is 1.64. The molecular weight excluding hydrogens is 302 g/mol. The van der Waals surface area contributed by atoms with Crippen LogP contribution < -0.4 is 10.6 Å². The van der Waals surface area contributed by atoms with Gasteiger partial charge in [0.15, 0.2) is 0 Å². The average molecular weight is 319 g/mol. The van der Waals surface area contributed by atoms with Crippen LogP contribution in [0.3, 0.4) is 0 Å². The molecule has 24 heavy (non-hydrogen) atoms. The topological polar surface area (TPSA) is 71.1 Å². The first-order valence-corrected chi connectivity index (χ1v) is 7.62. The highest BCUT2D eigenvalue weighted by molar-refractivity contribution is 6.40. The second-order valence-electron chi connectivity index (χ2n) is 5.44. The standard InChI is InChI=1S/C19H17N3O2/c1-13-9-10-14-6-2-3-8-16(14)17(13)22-19(24)18(23)21-12-15-7-4-5-11-20-15/h2-11H,12H2,1H3,(H,21,23)(H,22,24). The molecule has 0 saturated heterocycles. The third-order valence-corrected chi connectivity index (χ3v) is 3.74. The predicted octanol–water partition coefficient (Wildman–Crippen LogP) is 2.80. The molecule has 0 atom stereocenters. The van der Waals surface area contributed by atoms with E-state index >= 15 is 0 Å². The Balaban J connectivity index is 1.73. The van der Waals surface area contributed by atoms with Gasteiger partial charge < -0.3 is 10.6 Å². The van der Waals surface area contributed by atoms with E-state index in [0.717, 1.165) is 16.3 Å². The third-order valence-electron chi connectivity index (χ3n) is 3.74. The van der Waals surface area contributed by atoms with Gasteiger partial charge in [0.05, 0.1) is 17.9 Å². The largest absolute Gasteiger partial charge is 0.342 e. The van der Waals surface area contributed by atoms with Gasteiger partial charge in [-0.25, -0.2) is 0 Å². The Bertz CT molecular complexity index is 892. The van der Waals surface area contributed by atoms with Crippen molar-refractivity contribution in [1.29, 1.82) is 0 Å². The van der Waals surface area contributed by atoms with Gasteiger partial charge in [-0.3, -0.25) is 14.6 Å². The smallest absolute Gasteiger partial charge is 0.313 e. The maximum atomic E-state index is 12.2. The van der Waals surface area contributed by atoms with Crippen molar-refractivity contribution < 1.29 is 9.59 Å². The highest BCUT2D eigenvalue weighted by atomic mass is 16.2. The van der Waals surface area contributed by atoms with Crippen molar-refractivity contribution in [1.82, 2.24) is 10.3 Å². The number of aromatic nitrogens is 1. The number of fused-ring (bicyclic) bond motifs is 1. The van der Waals surface area contributed by atoms with Gasteiger partial charge in [-0.2, -0.15) is 0 Å². The summed E-state index contributed by atoms with van der Waals surface area (Å²) in [6, 6.07) is 17.0. The number of nitrogens with one attached hydrogen (secondary N) is 2. The van der Waals surface area contributed by atoms with Crippen molar-refractivity contribution in [3.05, 3.63) is 72.1 Å². The number of carbonyl (C=O) groups excluding carboxylic acids is 2. The minimum Gasteiger partial charge on any atom is -0.342 e. The zero-order chi connectivity index (χ0) is 16.9. The lowest BCUT2D eigenvalue weighted by Crippen LogP contribution is -2.35. The number of hydrogen-bond donors (Lipinski definition) is 2. The van der Waals surface area contributed by atoms with E-state index < -0.39 is 11.8 Å². The summed E-state index contributed by atoms with van der Waals surface area (Å²) < 4.78 is 0. The molecule has 0 radical (unpaired) electrons. The lowest BCUT2D eigenvalue weighted by molar-refractivity contribution is -0.136. The molecule has 120 valence electrons. The number of aryl methyl sites for hydroxylation is 1. The summed E-state index contributed by atoms with van der Waals surface area (Å²) in [5.74, 6) is -1.38. The van der Waals surface area contributed by atoms with Crippen molar-refractivity contribution in [2.75, 3.05) is 5.32 Å². The maximum Gasteiger partial charge on any atom is 0.313 e. The molecule has 0 fully saturated rings. The Morgan fingerprint density at radius 1 is 0.958 bits per heavy atom. The molecule has 2 N–H and O–H groups in total. The van der Waals surface area contributed by atoms with Crippen LogP contribution in [-0.4, -0.2) is 16.8 Å². The zero-order valence-corrected chi connectivity index (χ0v) is 13.2. The molecule has 1 heterocycles. The summed E-state index contributed by atoms with van der Waals surface area (Å²) in [6.45, 7) is 2.11. The minimum absolute atomic E-state index is 0.210. The molecule has 0 aliphatic rings. The van der Waals surface area contributed by atoms with Crippen LogP contribution in [-0.2, 0) is 16.1 Å². The number of amides is 2.